The predicted octanol–water partition coefficient (Wildman–Crippen LogP) is 2.23. The molecule has 1 N–H and O–H groups in total. The maximum atomic E-state index is 4.42. The predicted molar refractivity (Wildman–Crippen MR) is 69.9 cm³/mol. The van der Waals surface area contributed by atoms with Crippen LogP contribution in [0.2, 0.25) is 0 Å². The largest absolute Gasteiger partial charge is 0.313 e. The van der Waals surface area contributed by atoms with Crippen molar-refractivity contribution < 1.29 is 0 Å². The van der Waals surface area contributed by atoms with Crippen molar-refractivity contribution in [2.75, 3.05) is 7.05 Å². The van der Waals surface area contributed by atoms with Crippen LogP contribution in [0, 0.1) is 6.92 Å². The lowest BCUT2D eigenvalue weighted by atomic mass is 10.0. The van der Waals surface area contributed by atoms with Gasteiger partial charge in [-0.05, 0) is 25.6 Å². The van der Waals surface area contributed by atoms with Crippen LogP contribution in [0.15, 0.2) is 36.5 Å². The number of benzene rings is 1. The van der Waals surface area contributed by atoms with Gasteiger partial charge in [-0.3, -0.25) is 4.68 Å². The van der Waals surface area contributed by atoms with Gasteiger partial charge in [0.15, 0.2) is 0 Å². The van der Waals surface area contributed by atoms with Gasteiger partial charge in [0.05, 0.1) is 5.69 Å². The van der Waals surface area contributed by atoms with Crippen LogP contribution < -0.4 is 5.32 Å². The fraction of sp³-hybridized carbons (Fsp3) is 0.357. The molecule has 0 aliphatic heterocycles. The van der Waals surface area contributed by atoms with Crippen molar-refractivity contribution in [1.29, 1.82) is 0 Å². The Balaban J connectivity index is 2.16. The summed E-state index contributed by atoms with van der Waals surface area (Å²) in [6.07, 6.45) is 2.90. The first kappa shape index (κ1) is 11.9. The van der Waals surface area contributed by atoms with Gasteiger partial charge in [0.2, 0.25) is 0 Å². The third kappa shape index (κ3) is 2.94. The van der Waals surface area contributed by atoms with Gasteiger partial charge in [0, 0.05) is 25.7 Å². The molecule has 0 amide bonds. The Labute approximate surface area is 102 Å². The SMILES string of the molecule is CNC(Cc1ccn(C)n1)c1cccc(C)c1. The summed E-state index contributed by atoms with van der Waals surface area (Å²) in [7, 11) is 3.94. The molecule has 1 atom stereocenters. The summed E-state index contributed by atoms with van der Waals surface area (Å²) in [6, 6.07) is 11.0. The molecule has 1 aromatic carbocycles. The second-order valence-electron chi connectivity index (χ2n) is 4.44. The minimum Gasteiger partial charge on any atom is -0.313 e. The molecule has 0 radical (unpaired) electrons. The number of nitrogens with zero attached hydrogens (tertiary/aromatic N) is 2. The van der Waals surface area contributed by atoms with Gasteiger partial charge in [-0.2, -0.15) is 5.10 Å². The number of aryl methyl sites for hydroxylation is 2. The number of hydrogen-bond donors (Lipinski definition) is 1. The average molecular weight is 229 g/mol. The van der Waals surface area contributed by atoms with Gasteiger partial charge in [-0.25, -0.2) is 0 Å². The quantitative estimate of drug-likeness (QED) is 0.871. The first-order chi connectivity index (χ1) is 8.19. The highest BCUT2D eigenvalue weighted by molar-refractivity contribution is 5.26. The fourth-order valence-electron chi connectivity index (χ4n) is 2.05. The molecular weight excluding hydrogens is 210 g/mol. The molecule has 0 aliphatic carbocycles. The molecule has 3 nitrogen and oxygen atoms in total. The Morgan fingerprint density at radius 3 is 2.76 bits per heavy atom. The normalized spacial score (nSPS) is 12.6. The zero-order valence-corrected chi connectivity index (χ0v) is 10.6. The van der Waals surface area contributed by atoms with Crippen molar-refractivity contribution in [1.82, 2.24) is 15.1 Å². The van der Waals surface area contributed by atoms with E-state index in [4.69, 9.17) is 0 Å². The minimum absolute atomic E-state index is 0.324. The molecule has 1 heterocycles. The third-order valence-corrected chi connectivity index (χ3v) is 2.98. The van der Waals surface area contributed by atoms with E-state index in [1.165, 1.54) is 11.1 Å². The Morgan fingerprint density at radius 2 is 2.18 bits per heavy atom. The molecule has 1 unspecified atom stereocenters. The molecule has 0 spiro atoms. The highest BCUT2D eigenvalue weighted by Gasteiger charge is 2.11. The number of nitrogens with one attached hydrogen (secondary N) is 1. The molecule has 0 saturated heterocycles. The molecule has 0 saturated carbocycles. The van der Waals surface area contributed by atoms with Crippen molar-refractivity contribution in [2.45, 2.75) is 19.4 Å². The van der Waals surface area contributed by atoms with Gasteiger partial charge >= 0.3 is 0 Å². The van der Waals surface area contributed by atoms with E-state index >= 15 is 0 Å². The van der Waals surface area contributed by atoms with E-state index in [9.17, 15) is 0 Å². The van der Waals surface area contributed by atoms with Crippen LogP contribution in [0.25, 0.3) is 0 Å². The molecule has 1 aromatic heterocycles. The van der Waals surface area contributed by atoms with Gasteiger partial charge in [-0.15, -0.1) is 0 Å². The number of aromatic nitrogens is 2. The lowest BCUT2D eigenvalue weighted by Gasteiger charge is -2.15. The van der Waals surface area contributed by atoms with Crippen molar-refractivity contribution >= 4 is 0 Å². The van der Waals surface area contributed by atoms with Crippen molar-refractivity contribution in [2.24, 2.45) is 7.05 Å². The van der Waals surface area contributed by atoms with E-state index in [1.54, 1.807) is 0 Å². The zero-order chi connectivity index (χ0) is 12.3. The highest BCUT2D eigenvalue weighted by atomic mass is 15.2. The van der Waals surface area contributed by atoms with Crippen LogP contribution in [0.3, 0.4) is 0 Å². The molecule has 90 valence electrons. The Hall–Kier alpha value is -1.61. The maximum Gasteiger partial charge on any atom is 0.0643 e. The van der Waals surface area contributed by atoms with Gasteiger partial charge in [0.1, 0.15) is 0 Å². The van der Waals surface area contributed by atoms with Crippen molar-refractivity contribution in [3.8, 4) is 0 Å². The van der Waals surface area contributed by atoms with Crippen LogP contribution in [0.1, 0.15) is 22.9 Å². The molecule has 2 aromatic rings. The fourth-order valence-corrected chi connectivity index (χ4v) is 2.05. The summed E-state index contributed by atoms with van der Waals surface area (Å²) in [5.41, 5.74) is 3.73. The van der Waals surface area contributed by atoms with Gasteiger partial charge in [-0.1, -0.05) is 29.8 Å². The van der Waals surface area contributed by atoms with Crippen LogP contribution >= 0.6 is 0 Å². The summed E-state index contributed by atoms with van der Waals surface area (Å²) < 4.78 is 1.85. The topological polar surface area (TPSA) is 29.9 Å². The van der Waals surface area contributed by atoms with Gasteiger partial charge in [0.25, 0.3) is 0 Å². The molecule has 17 heavy (non-hydrogen) atoms. The van der Waals surface area contributed by atoms with Crippen LogP contribution in [-0.2, 0) is 13.5 Å². The van der Waals surface area contributed by atoms with Crippen LogP contribution in [0.5, 0.6) is 0 Å². The van der Waals surface area contributed by atoms with E-state index in [0.717, 1.165) is 12.1 Å². The highest BCUT2D eigenvalue weighted by Crippen LogP contribution is 2.18. The molecule has 2 rings (SSSR count). The second-order valence-corrected chi connectivity index (χ2v) is 4.44. The number of rotatable bonds is 4. The Bertz CT molecular complexity index is 488. The molecule has 3 heteroatoms. The Kier molecular flexibility index (Phi) is 3.59. The summed E-state index contributed by atoms with van der Waals surface area (Å²) in [6.45, 7) is 2.12. The van der Waals surface area contributed by atoms with E-state index < -0.39 is 0 Å². The van der Waals surface area contributed by atoms with Crippen LogP contribution in [0.4, 0.5) is 0 Å². The summed E-state index contributed by atoms with van der Waals surface area (Å²) in [4.78, 5) is 0. The maximum absolute atomic E-state index is 4.42. The lowest BCUT2D eigenvalue weighted by Crippen LogP contribution is -2.19. The summed E-state index contributed by atoms with van der Waals surface area (Å²) in [5.74, 6) is 0. The van der Waals surface area contributed by atoms with E-state index in [1.807, 2.05) is 25.0 Å². The van der Waals surface area contributed by atoms with E-state index in [0.29, 0.717) is 6.04 Å². The number of hydrogen-bond acceptors (Lipinski definition) is 2. The van der Waals surface area contributed by atoms with Crippen LogP contribution in [-0.4, -0.2) is 16.8 Å². The summed E-state index contributed by atoms with van der Waals surface area (Å²) in [5, 5.41) is 7.78. The Morgan fingerprint density at radius 1 is 1.35 bits per heavy atom. The average Bonchev–Trinajstić information content (AvgIpc) is 2.72. The monoisotopic (exact) mass is 229 g/mol. The standard InChI is InChI=1S/C14H19N3/c1-11-5-4-6-12(9-11)14(15-2)10-13-7-8-17(3)16-13/h4-9,14-15H,10H2,1-3H3. The first-order valence-electron chi connectivity index (χ1n) is 5.91. The summed E-state index contributed by atoms with van der Waals surface area (Å²) >= 11 is 0. The molecular formula is C14H19N3. The lowest BCUT2D eigenvalue weighted by molar-refractivity contribution is 0.577. The second kappa shape index (κ2) is 5.15. The van der Waals surface area contributed by atoms with E-state index in [2.05, 4.69) is 47.7 Å². The molecule has 0 fully saturated rings. The smallest absolute Gasteiger partial charge is 0.0643 e. The molecule has 0 bridgehead atoms. The van der Waals surface area contributed by atoms with Crippen molar-refractivity contribution in [3.63, 3.8) is 0 Å². The number of likely N-dealkylation sites (N-methyl/N-ethyl adjacent to an activating group) is 1. The van der Waals surface area contributed by atoms with Gasteiger partial charge < -0.3 is 5.32 Å². The zero-order valence-electron chi connectivity index (χ0n) is 10.6. The third-order valence-electron chi connectivity index (χ3n) is 2.98. The minimum atomic E-state index is 0.324. The van der Waals surface area contributed by atoms with E-state index in [-0.39, 0.29) is 0 Å². The first-order valence-corrected chi connectivity index (χ1v) is 5.91. The van der Waals surface area contributed by atoms with Crippen molar-refractivity contribution in [3.05, 3.63) is 53.3 Å². The molecule has 0 aliphatic rings.